The van der Waals surface area contributed by atoms with Crippen LogP contribution < -0.4 is 17.1 Å². The molecular weight excluding hydrogens is 961 g/mol. The van der Waals surface area contributed by atoms with Gasteiger partial charge in [-0.15, -0.1) is 0 Å². The average molecular weight is 1060 g/mol. The van der Waals surface area contributed by atoms with E-state index in [0.717, 1.165) is 13.7 Å². The molecule has 18 nitrogen and oxygen atoms in total. The van der Waals surface area contributed by atoms with Crippen molar-refractivity contribution < 1.29 is 43.0 Å². The summed E-state index contributed by atoms with van der Waals surface area (Å²) in [6.07, 6.45) is 3.50. The Kier molecular flexibility index (Phi) is 20.3. The number of rotatable bonds is 21. The number of amides is 3. The molecule has 0 radical (unpaired) electrons. The monoisotopic (exact) mass is 1060 g/mol. The van der Waals surface area contributed by atoms with Gasteiger partial charge in [-0.1, -0.05) is 62.3 Å². The molecule has 4 heterocycles. The molecular formula is C57H96N6O12. The lowest BCUT2D eigenvalue weighted by atomic mass is 9.68. The van der Waals surface area contributed by atoms with Crippen molar-refractivity contribution in [3.8, 4) is 0 Å². The van der Waals surface area contributed by atoms with Crippen molar-refractivity contribution in [2.75, 3.05) is 0 Å². The summed E-state index contributed by atoms with van der Waals surface area (Å²) >= 11 is 0. The molecule has 3 aliphatic rings. The van der Waals surface area contributed by atoms with Gasteiger partial charge < -0.3 is 28.9 Å². The van der Waals surface area contributed by atoms with Crippen molar-refractivity contribution in [1.82, 2.24) is 28.4 Å². The van der Waals surface area contributed by atoms with Crippen LogP contribution in [0, 0.1) is 17.8 Å². The highest BCUT2D eigenvalue weighted by atomic mass is 16.6. The summed E-state index contributed by atoms with van der Waals surface area (Å²) in [4.78, 5) is 128. The van der Waals surface area contributed by atoms with E-state index in [2.05, 4.69) is 0 Å². The van der Waals surface area contributed by atoms with Gasteiger partial charge in [-0.2, -0.15) is 0 Å². The largest absolute Gasteiger partial charge is 0.462 e. The predicted molar refractivity (Wildman–Crippen MR) is 288 cm³/mol. The molecule has 75 heavy (non-hydrogen) atoms. The number of piperidine rings is 3. The van der Waals surface area contributed by atoms with Crippen LogP contribution in [0.1, 0.15) is 221 Å². The van der Waals surface area contributed by atoms with Crippen LogP contribution >= 0.6 is 0 Å². The fourth-order valence-electron chi connectivity index (χ4n) is 13.8. The molecule has 1 aromatic rings. The third-order valence-electron chi connectivity index (χ3n) is 19.6. The van der Waals surface area contributed by atoms with Crippen LogP contribution in [0.25, 0.3) is 0 Å². The number of aromatic nitrogens is 3. The van der Waals surface area contributed by atoms with Crippen LogP contribution in [0.4, 0.5) is 0 Å². The molecule has 426 valence electrons. The first-order valence-corrected chi connectivity index (χ1v) is 28.3. The molecule has 1 aromatic heterocycles. The Morgan fingerprint density at radius 3 is 0.800 bits per heavy atom. The number of nitrogens with zero attached hydrogens (tertiary/aromatic N) is 6. The van der Waals surface area contributed by atoms with E-state index in [1.807, 2.05) is 119 Å². The molecule has 0 aliphatic carbocycles. The first kappa shape index (κ1) is 62.8. The molecule has 0 saturated carbocycles. The van der Waals surface area contributed by atoms with Gasteiger partial charge in [0.05, 0.1) is 0 Å². The number of carbonyl (C=O) groups excluding carboxylic acids is 6. The maximum atomic E-state index is 14.2. The molecule has 0 spiro atoms. The Hall–Kier alpha value is -4.77. The van der Waals surface area contributed by atoms with Gasteiger partial charge >= 0.3 is 35.0 Å². The molecule has 0 aromatic carbocycles. The fraction of sp³-hybridized carbons (Fsp3) is 0.842. The maximum Gasteiger partial charge on any atom is 0.336 e. The first-order valence-electron chi connectivity index (χ1n) is 28.3. The second-order valence-electron chi connectivity index (χ2n) is 23.9. The van der Waals surface area contributed by atoms with Crippen molar-refractivity contribution in [3.05, 3.63) is 31.5 Å². The van der Waals surface area contributed by atoms with Gasteiger partial charge in [0.15, 0.2) is 0 Å². The zero-order valence-electron chi connectivity index (χ0n) is 49.3. The van der Waals surface area contributed by atoms with Gasteiger partial charge in [-0.05, 0) is 99.3 Å². The SMILES string of the molecule is CCC1(C)CC(OC(=O)CCCn2c(=O)n(CCCC(=O)OC3CC(C)(CC)N(C(C)=O)C(C)(CC)C3C)c(=O)n(CCCC(=O)OC3CC(C)(CC)N(C(C)=O)C(C)(CC)C3C)c2=O)C(C)C(C)(CC)N1C(C)=O. The van der Waals surface area contributed by atoms with Gasteiger partial charge in [-0.25, -0.2) is 28.1 Å². The lowest BCUT2D eigenvalue weighted by molar-refractivity contribution is -0.184. The molecule has 3 fully saturated rings. The Morgan fingerprint density at radius 1 is 0.413 bits per heavy atom. The van der Waals surface area contributed by atoms with Crippen LogP contribution in [0.15, 0.2) is 14.4 Å². The lowest BCUT2D eigenvalue weighted by Gasteiger charge is -2.60. The van der Waals surface area contributed by atoms with Crippen molar-refractivity contribution >= 4 is 35.6 Å². The van der Waals surface area contributed by atoms with Crippen LogP contribution in [-0.4, -0.2) is 116 Å². The third-order valence-corrected chi connectivity index (χ3v) is 19.6. The molecule has 3 aliphatic heterocycles. The molecule has 0 N–H and O–H groups in total. The summed E-state index contributed by atoms with van der Waals surface area (Å²) in [6.45, 7) is 34.3. The molecule has 3 amide bonds. The minimum absolute atomic E-state index is 0.0313. The topological polar surface area (TPSA) is 206 Å². The van der Waals surface area contributed by atoms with E-state index in [0.29, 0.717) is 57.8 Å². The lowest BCUT2D eigenvalue weighted by Crippen LogP contribution is -2.69. The number of carbonyl (C=O) groups is 6. The fourth-order valence-corrected chi connectivity index (χ4v) is 13.8. The number of ether oxygens (including phenoxy) is 3. The predicted octanol–water partition coefficient (Wildman–Crippen LogP) is 7.92. The van der Waals surface area contributed by atoms with E-state index < -0.39 is 86.5 Å². The Bertz CT molecular complexity index is 2160. The highest BCUT2D eigenvalue weighted by molar-refractivity contribution is 5.77. The Labute approximate surface area is 446 Å². The average Bonchev–Trinajstić information content (AvgIpc) is 3.34. The molecule has 0 bridgehead atoms. The van der Waals surface area contributed by atoms with Crippen molar-refractivity contribution in [1.29, 1.82) is 0 Å². The second-order valence-corrected chi connectivity index (χ2v) is 23.9. The van der Waals surface area contributed by atoms with E-state index >= 15 is 0 Å². The van der Waals surface area contributed by atoms with E-state index in [1.54, 1.807) is 20.8 Å². The summed E-state index contributed by atoms with van der Waals surface area (Å²) in [5, 5.41) is 0. The first-order chi connectivity index (χ1) is 34.8. The van der Waals surface area contributed by atoms with E-state index in [-0.39, 0.29) is 93.6 Å². The van der Waals surface area contributed by atoms with Gasteiger partial charge in [0, 0.05) is 130 Å². The van der Waals surface area contributed by atoms with Crippen LogP contribution in [-0.2, 0) is 62.6 Å². The summed E-state index contributed by atoms with van der Waals surface area (Å²) in [5.41, 5.74) is -6.04. The molecule has 12 atom stereocenters. The third kappa shape index (κ3) is 12.2. The van der Waals surface area contributed by atoms with Crippen molar-refractivity contribution in [2.45, 2.75) is 292 Å². The number of esters is 3. The maximum absolute atomic E-state index is 14.2. The van der Waals surface area contributed by atoms with Crippen LogP contribution in [0.2, 0.25) is 0 Å². The van der Waals surface area contributed by atoms with E-state index in [1.165, 1.54) is 0 Å². The molecule has 3 saturated heterocycles. The standard InChI is InChI=1S/C57H96N6O12/c1-19-52(13)34-43(37(7)55(16,22-4)61(52)40(10)64)73-46(67)28-25-31-58-49(70)59(32-26-29-47(68)74-44-35-53(14,20-2)62(41(11)65)56(17,23-5)38(44)8)51(72)60(50(58)71)33-27-30-48(69)75-45-36-54(15,21-3)63(42(12)66)57(18,24-6)39(45)9/h37-39,43-45H,19-36H2,1-18H3. The van der Waals surface area contributed by atoms with E-state index in [4.69, 9.17) is 14.2 Å². The summed E-state index contributed by atoms with van der Waals surface area (Å²) in [5.74, 6) is -2.21. The summed E-state index contributed by atoms with van der Waals surface area (Å²) in [7, 11) is 0. The summed E-state index contributed by atoms with van der Waals surface area (Å²) in [6, 6.07) is 0. The zero-order chi connectivity index (χ0) is 57.0. The minimum atomic E-state index is -0.892. The highest BCUT2D eigenvalue weighted by Gasteiger charge is 2.57. The Morgan fingerprint density at radius 2 is 0.627 bits per heavy atom. The van der Waals surface area contributed by atoms with Gasteiger partial charge in [0.1, 0.15) is 18.3 Å². The highest BCUT2D eigenvalue weighted by Crippen LogP contribution is 2.49. The van der Waals surface area contributed by atoms with Crippen LogP contribution in [0.3, 0.4) is 0 Å². The normalized spacial score (nSPS) is 33.0. The molecule has 4 rings (SSSR count). The quantitative estimate of drug-likeness (QED) is 0.0851. The number of hydrogen-bond acceptors (Lipinski definition) is 12. The smallest absolute Gasteiger partial charge is 0.336 e. The number of hydrogen-bond donors (Lipinski definition) is 0. The van der Waals surface area contributed by atoms with Crippen LogP contribution in [0.5, 0.6) is 0 Å². The van der Waals surface area contributed by atoms with Gasteiger partial charge in [0.25, 0.3) is 0 Å². The molecule has 12 unspecified atom stereocenters. The minimum Gasteiger partial charge on any atom is -0.462 e. The Balaban J connectivity index is 1.58. The van der Waals surface area contributed by atoms with E-state index in [9.17, 15) is 43.2 Å². The number of likely N-dealkylation sites (tertiary alicyclic amines) is 3. The zero-order valence-corrected chi connectivity index (χ0v) is 49.3. The van der Waals surface area contributed by atoms with Gasteiger partial charge in [-0.3, -0.25) is 28.8 Å². The van der Waals surface area contributed by atoms with Gasteiger partial charge in [0.2, 0.25) is 17.7 Å². The van der Waals surface area contributed by atoms with Crippen molar-refractivity contribution in [2.24, 2.45) is 17.8 Å². The summed E-state index contributed by atoms with van der Waals surface area (Å²) < 4.78 is 21.2. The molecule has 18 heteroatoms. The second kappa shape index (κ2) is 24.3. The van der Waals surface area contributed by atoms with Crippen molar-refractivity contribution in [3.63, 3.8) is 0 Å².